The van der Waals surface area contributed by atoms with Crippen LogP contribution in [0.25, 0.3) is 11.4 Å². The highest BCUT2D eigenvalue weighted by Crippen LogP contribution is 2.32. The molecule has 1 aliphatic heterocycles. The predicted molar refractivity (Wildman–Crippen MR) is 123 cm³/mol. The molecular formula is C22H26N4O4S2. The van der Waals surface area contributed by atoms with Crippen LogP contribution in [0.1, 0.15) is 36.8 Å². The van der Waals surface area contributed by atoms with Gasteiger partial charge in [-0.25, -0.2) is 8.42 Å². The van der Waals surface area contributed by atoms with Gasteiger partial charge in [-0.2, -0.15) is 9.29 Å². The van der Waals surface area contributed by atoms with Crippen LogP contribution in [0.15, 0.2) is 38.4 Å². The summed E-state index contributed by atoms with van der Waals surface area (Å²) in [4.78, 5) is 17.2. The van der Waals surface area contributed by atoms with Crippen molar-refractivity contribution >= 4 is 33.0 Å². The summed E-state index contributed by atoms with van der Waals surface area (Å²) in [6, 6.07) is 7.41. The number of para-hydroxylation sites is 1. The van der Waals surface area contributed by atoms with Crippen molar-refractivity contribution in [1.82, 2.24) is 14.4 Å². The number of nitrogens with one attached hydrogen (secondary N) is 1. The van der Waals surface area contributed by atoms with E-state index in [0.29, 0.717) is 43.1 Å². The quantitative estimate of drug-likeness (QED) is 0.579. The van der Waals surface area contributed by atoms with Crippen LogP contribution in [-0.4, -0.2) is 41.9 Å². The van der Waals surface area contributed by atoms with Crippen LogP contribution in [0.3, 0.4) is 0 Å². The number of aromatic nitrogens is 2. The Labute approximate surface area is 191 Å². The number of hydrogen-bond acceptors (Lipinski definition) is 7. The molecule has 0 radical (unpaired) electrons. The van der Waals surface area contributed by atoms with Gasteiger partial charge in [0.25, 0.3) is 10.0 Å². The van der Waals surface area contributed by atoms with Gasteiger partial charge in [0, 0.05) is 36.1 Å². The largest absolute Gasteiger partial charge is 0.339 e. The number of nitrogens with zero attached hydrogens (tertiary/aromatic N) is 3. The maximum atomic E-state index is 13.3. The highest BCUT2D eigenvalue weighted by Gasteiger charge is 2.34. The molecule has 3 aromatic rings. The van der Waals surface area contributed by atoms with E-state index >= 15 is 0 Å². The summed E-state index contributed by atoms with van der Waals surface area (Å²) in [5.41, 5.74) is 3.38. The molecule has 4 rings (SSSR count). The molecule has 0 spiro atoms. The monoisotopic (exact) mass is 474 g/mol. The van der Waals surface area contributed by atoms with Gasteiger partial charge in [0.2, 0.25) is 17.6 Å². The third kappa shape index (κ3) is 4.48. The normalized spacial score (nSPS) is 17.4. The van der Waals surface area contributed by atoms with E-state index in [2.05, 4.69) is 15.5 Å². The lowest BCUT2D eigenvalue weighted by atomic mass is 9.98. The van der Waals surface area contributed by atoms with Crippen LogP contribution in [0.4, 0.5) is 5.69 Å². The van der Waals surface area contributed by atoms with E-state index in [1.54, 1.807) is 11.4 Å². The van der Waals surface area contributed by atoms with Crippen LogP contribution < -0.4 is 5.32 Å². The molecule has 32 heavy (non-hydrogen) atoms. The molecular weight excluding hydrogens is 448 g/mol. The molecule has 10 heteroatoms. The van der Waals surface area contributed by atoms with E-state index in [1.165, 1.54) is 4.31 Å². The van der Waals surface area contributed by atoms with E-state index in [9.17, 15) is 13.2 Å². The number of sulfonamides is 1. The Morgan fingerprint density at radius 2 is 2.06 bits per heavy atom. The molecule has 0 unspecified atom stereocenters. The van der Waals surface area contributed by atoms with E-state index in [-0.39, 0.29) is 16.7 Å². The summed E-state index contributed by atoms with van der Waals surface area (Å²) in [5.74, 6) is 0.336. The SMILES string of the molecule is CCc1nc(-c2csc(S(=O)(=O)N3CCC[C@H](C(=O)Nc4c(C)cccc4C)C3)c2)no1. The fourth-order valence-electron chi connectivity index (χ4n) is 3.82. The zero-order valence-corrected chi connectivity index (χ0v) is 19.9. The molecule has 0 saturated carbocycles. The zero-order valence-electron chi connectivity index (χ0n) is 18.3. The second-order valence-electron chi connectivity index (χ2n) is 7.98. The molecule has 8 nitrogen and oxygen atoms in total. The van der Waals surface area contributed by atoms with Crippen molar-refractivity contribution < 1.29 is 17.7 Å². The van der Waals surface area contributed by atoms with Gasteiger partial charge >= 0.3 is 0 Å². The minimum absolute atomic E-state index is 0.145. The Bertz CT molecular complexity index is 1210. The van der Waals surface area contributed by atoms with Crippen molar-refractivity contribution in [3.63, 3.8) is 0 Å². The summed E-state index contributed by atoms with van der Waals surface area (Å²) in [7, 11) is -3.72. The average Bonchev–Trinajstić information content (AvgIpc) is 3.46. The molecule has 3 heterocycles. The van der Waals surface area contributed by atoms with Gasteiger partial charge in [-0.05, 0) is 43.9 Å². The third-order valence-corrected chi connectivity index (χ3v) is 8.96. The van der Waals surface area contributed by atoms with Crippen LogP contribution in [0.2, 0.25) is 0 Å². The van der Waals surface area contributed by atoms with E-state index < -0.39 is 15.9 Å². The van der Waals surface area contributed by atoms with Gasteiger partial charge in [0.05, 0.1) is 5.92 Å². The standard InChI is InChI=1S/C22H26N4O4S2/c1-4-18-23-21(25-30-18)17-11-19(31-13-17)32(28,29)26-10-6-9-16(12-26)22(27)24-20-14(2)7-5-8-15(20)3/h5,7-8,11,13,16H,4,6,9-10,12H2,1-3H3,(H,24,27)/t16-/m0/s1. The maximum absolute atomic E-state index is 13.3. The Balaban J connectivity index is 1.49. The Morgan fingerprint density at radius 3 is 2.75 bits per heavy atom. The van der Waals surface area contributed by atoms with Crippen LogP contribution in [0.5, 0.6) is 0 Å². The lowest BCUT2D eigenvalue weighted by Gasteiger charge is -2.31. The molecule has 1 amide bonds. The minimum Gasteiger partial charge on any atom is -0.339 e. The zero-order chi connectivity index (χ0) is 22.9. The molecule has 0 bridgehead atoms. The summed E-state index contributed by atoms with van der Waals surface area (Å²) in [6.07, 6.45) is 1.90. The van der Waals surface area contributed by atoms with Gasteiger partial charge in [0.15, 0.2) is 0 Å². The predicted octanol–water partition coefficient (Wildman–Crippen LogP) is 4.02. The minimum atomic E-state index is -3.72. The first kappa shape index (κ1) is 22.6. The Morgan fingerprint density at radius 1 is 1.31 bits per heavy atom. The molecule has 170 valence electrons. The van der Waals surface area contributed by atoms with E-state index in [0.717, 1.165) is 28.2 Å². The smallest absolute Gasteiger partial charge is 0.252 e. The number of amides is 1. The number of piperidine rings is 1. The lowest BCUT2D eigenvalue weighted by molar-refractivity contribution is -0.120. The molecule has 1 fully saturated rings. The number of rotatable bonds is 6. The molecule has 1 atom stereocenters. The summed E-state index contributed by atoms with van der Waals surface area (Å²) in [6.45, 7) is 6.35. The van der Waals surface area contributed by atoms with E-state index in [4.69, 9.17) is 4.52 Å². The second-order valence-corrected chi connectivity index (χ2v) is 11.1. The van der Waals surface area contributed by atoms with Crippen molar-refractivity contribution in [2.45, 2.75) is 44.2 Å². The Kier molecular flexibility index (Phi) is 6.45. The highest BCUT2D eigenvalue weighted by molar-refractivity contribution is 7.91. The average molecular weight is 475 g/mol. The molecule has 1 N–H and O–H groups in total. The van der Waals surface area contributed by atoms with Gasteiger partial charge in [-0.1, -0.05) is 30.3 Å². The number of carbonyl (C=O) groups is 1. The third-order valence-electron chi connectivity index (χ3n) is 5.68. The van der Waals surface area contributed by atoms with Crippen molar-refractivity contribution in [3.05, 3.63) is 46.7 Å². The topological polar surface area (TPSA) is 105 Å². The van der Waals surface area contributed by atoms with Gasteiger partial charge in [-0.15, -0.1) is 11.3 Å². The molecule has 2 aromatic heterocycles. The van der Waals surface area contributed by atoms with Crippen molar-refractivity contribution in [2.24, 2.45) is 5.92 Å². The number of carbonyl (C=O) groups excluding carboxylic acids is 1. The molecule has 1 saturated heterocycles. The molecule has 1 aromatic carbocycles. The molecule has 0 aliphatic carbocycles. The van der Waals surface area contributed by atoms with E-state index in [1.807, 2.05) is 39.0 Å². The summed E-state index contributed by atoms with van der Waals surface area (Å²) in [5, 5.41) is 8.64. The number of aryl methyl sites for hydroxylation is 3. The van der Waals surface area contributed by atoms with Gasteiger partial charge in [0.1, 0.15) is 4.21 Å². The maximum Gasteiger partial charge on any atom is 0.252 e. The van der Waals surface area contributed by atoms with Crippen LogP contribution in [-0.2, 0) is 21.2 Å². The van der Waals surface area contributed by atoms with Crippen molar-refractivity contribution in [1.29, 1.82) is 0 Å². The molecule has 1 aliphatic rings. The first-order valence-electron chi connectivity index (χ1n) is 10.6. The number of anilines is 1. The fraction of sp³-hybridized carbons (Fsp3) is 0.409. The summed E-state index contributed by atoms with van der Waals surface area (Å²) < 4.78 is 33.3. The van der Waals surface area contributed by atoms with Crippen molar-refractivity contribution in [3.8, 4) is 11.4 Å². The number of thiophene rings is 1. The van der Waals surface area contributed by atoms with Crippen molar-refractivity contribution in [2.75, 3.05) is 18.4 Å². The number of benzene rings is 1. The fourth-order valence-corrected chi connectivity index (χ4v) is 6.66. The Hall–Kier alpha value is -2.56. The van der Waals surface area contributed by atoms with Gasteiger partial charge in [-0.3, -0.25) is 4.79 Å². The number of hydrogen-bond donors (Lipinski definition) is 1. The van der Waals surface area contributed by atoms with Crippen LogP contribution in [0, 0.1) is 19.8 Å². The second kappa shape index (κ2) is 9.13. The first-order valence-corrected chi connectivity index (χ1v) is 12.9. The highest BCUT2D eigenvalue weighted by atomic mass is 32.2. The summed E-state index contributed by atoms with van der Waals surface area (Å²) >= 11 is 1.13. The lowest BCUT2D eigenvalue weighted by Crippen LogP contribution is -2.43. The van der Waals surface area contributed by atoms with Crippen LogP contribution >= 0.6 is 11.3 Å². The van der Waals surface area contributed by atoms with Gasteiger partial charge < -0.3 is 9.84 Å². The first-order chi connectivity index (χ1) is 15.3.